The van der Waals surface area contributed by atoms with Crippen LogP contribution in [0.4, 0.5) is 0 Å². The van der Waals surface area contributed by atoms with Crippen LogP contribution in [0, 0.1) is 0 Å². The van der Waals surface area contributed by atoms with Gasteiger partial charge in [-0.05, 0) is 33.2 Å². The Morgan fingerprint density at radius 1 is 1.58 bits per heavy atom. The number of ether oxygens (including phenoxy) is 1. The van der Waals surface area contributed by atoms with Crippen molar-refractivity contribution < 1.29 is 9.53 Å². The van der Waals surface area contributed by atoms with E-state index in [0.29, 0.717) is 0 Å². The van der Waals surface area contributed by atoms with Gasteiger partial charge in [0, 0.05) is 0 Å². The lowest BCUT2D eigenvalue weighted by Crippen LogP contribution is -2.33. The lowest BCUT2D eigenvalue weighted by Gasteiger charge is -2.12. The van der Waals surface area contributed by atoms with Gasteiger partial charge in [-0.2, -0.15) is 13.5 Å². The minimum atomic E-state index is -0.0995. The van der Waals surface area contributed by atoms with Crippen LogP contribution in [-0.4, -0.2) is 24.7 Å². The summed E-state index contributed by atoms with van der Waals surface area (Å²) >= 11 is 0. The summed E-state index contributed by atoms with van der Waals surface area (Å²) in [5.41, 5.74) is 0. The number of hydrogen-bond acceptors (Lipinski definition) is 3. The summed E-state index contributed by atoms with van der Waals surface area (Å²) in [5, 5.41) is 3.09. The summed E-state index contributed by atoms with van der Waals surface area (Å²) in [6.45, 7) is 4.68. The van der Waals surface area contributed by atoms with E-state index in [1.165, 1.54) is 0 Å². The number of rotatable bonds is 2. The van der Waals surface area contributed by atoms with E-state index in [2.05, 4.69) is 5.32 Å². The van der Waals surface area contributed by atoms with E-state index in [1.54, 1.807) is 0 Å². The predicted molar refractivity (Wildman–Crippen MR) is 52.6 cm³/mol. The molecule has 0 aliphatic carbocycles. The number of hydrogen-bond donors (Lipinski definition) is 1. The molecule has 72 valence electrons. The second-order valence-electron chi connectivity index (χ2n) is 3.13. The molecule has 1 fully saturated rings. The minimum Gasteiger partial charge on any atom is -0.462 e. The third kappa shape index (κ3) is 3.45. The van der Waals surface area contributed by atoms with Gasteiger partial charge in [0.2, 0.25) is 0 Å². The van der Waals surface area contributed by atoms with Gasteiger partial charge in [-0.15, -0.1) is 0 Å². The van der Waals surface area contributed by atoms with Crippen LogP contribution < -0.4 is 5.32 Å². The molecule has 0 aromatic carbocycles. The molecule has 1 heterocycles. The summed E-state index contributed by atoms with van der Waals surface area (Å²) in [6, 6.07) is -0.0441. The number of nitrogens with one attached hydrogen (secondary N) is 1. The second kappa shape index (κ2) is 5.43. The first-order valence-corrected chi connectivity index (χ1v) is 4.14. The monoisotopic (exact) mass is 191 g/mol. The zero-order valence-corrected chi connectivity index (χ0v) is 8.59. The zero-order valence-electron chi connectivity index (χ0n) is 7.59. The molecule has 1 N–H and O–H groups in total. The molecule has 12 heavy (non-hydrogen) atoms. The summed E-state index contributed by atoms with van der Waals surface area (Å²) in [5.74, 6) is -0.0995. The molecule has 0 amide bonds. The highest BCUT2D eigenvalue weighted by molar-refractivity contribution is 7.59. The SMILES string of the molecule is CC(C)OC(=O)[C@@H]1CCCN1.S. The average Bonchev–Trinajstić information content (AvgIpc) is 2.35. The molecule has 1 aliphatic heterocycles. The van der Waals surface area contributed by atoms with Gasteiger partial charge < -0.3 is 10.1 Å². The molecule has 0 bridgehead atoms. The molecule has 3 nitrogen and oxygen atoms in total. The Bertz CT molecular complexity index is 144. The number of carbonyl (C=O) groups excluding carboxylic acids is 1. The van der Waals surface area contributed by atoms with Crippen LogP contribution in [0.1, 0.15) is 26.7 Å². The Balaban J connectivity index is 0.00000121. The fourth-order valence-corrected chi connectivity index (χ4v) is 1.20. The molecular formula is C8H17NO2S. The summed E-state index contributed by atoms with van der Waals surface area (Å²) in [4.78, 5) is 11.2. The molecule has 0 radical (unpaired) electrons. The van der Waals surface area contributed by atoms with Crippen LogP contribution in [0.25, 0.3) is 0 Å². The molecule has 1 atom stereocenters. The van der Waals surface area contributed by atoms with E-state index in [0.717, 1.165) is 19.4 Å². The molecule has 0 aromatic heterocycles. The fraction of sp³-hybridized carbons (Fsp3) is 0.875. The van der Waals surface area contributed by atoms with Crippen molar-refractivity contribution in [3.63, 3.8) is 0 Å². The second-order valence-corrected chi connectivity index (χ2v) is 3.13. The lowest BCUT2D eigenvalue weighted by atomic mass is 10.2. The van der Waals surface area contributed by atoms with Crippen LogP contribution in [0.5, 0.6) is 0 Å². The van der Waals surface area contributed by atoms with E-state index < -0.39 is 0 Å². The van der Waals surface area contributed by atoms with Crippen molar-refractivity contribution in [1.82, 2.24) is 5.32 Å². The standard InChI is InChI=1S/C8H15NO2.H2S/c1-6(2)11-8(10)7-4-3-5-9-7;/h6-7,9H,3-5H2,1-2H3;1H2/t7-;/m0./s1. The maximum absolute atomic E-state index is 11.2. The molecule has 0 saturated carbocycles. The van der Waals surface area contributed by atoms with Crippen molar-refractivity contribution in [3.8, 4) is 0 Å². The molecular weight excluding hydrogens is 174 g/mol. The highest BCUT2D eigenvalue weighted by Crippen LogP contribution is 2.07. The minimum absolute atomic E-state index is 0. The van der Waals surface area contributed by atoms with Crippen LogP contribution >= 0.6 is 13.5 Å². The van der Waals surface area contributed by atoms with E-state index in [4.69, 9.17) is 4.74 Å². The van der Waals surface area contributed by atoms with Crippen molar-refractivity contribution in [2.45, 2.75) is 38.8 Å². The van der Waals surface area contributed by atoms with Crippen molar-refractivity contribution >= 4 is 19.5 Å². The van der Waals surface area contributed by atoms with Crippen LogP contribution in [0.2, 0.25) is 0 Å². The Morgan fingerprint density at radius 3 is 2.67 bits per heavy atom. The van der Waals surface area contributed by atoms with Crippen molar-refractivity contribution in [2.24, 2.45) is 0 Å². The van der Waals surface area contributed by atoms with E-state index in [-0.39, 0.29) is 31.6 Å². The molecule has 1 rings (SSSR count). The van der Waals surface area contributed by atoms with Gasteiger partial charge in [-0.25, -0.2) is 0 Å². The molecule has 1 saturated heterocycles. The van der Waals surface area contributed by atoms with Gasteiger partial charge in [0.1, 0.15) is 6.04 Å². The van der Waals surface area contributed by atoms with Crippen LogP contribution in [0.15, 0.2) is 0 Å². The maximum atomic E-state index is 11.2. The van der Waals surface area contributed by atoms with E-state index >= 15 is 0 Å². The maximum Gasteiger partial charge on any atom is 0.323 e. The zero-order chi connectivity index (χ0) is 8.27. The topological polar surface area (TPSA) is 38.3 Å². The third-order valence-electron chi connectivity index (χ3n) is 1.70. The van der Waals surface area contributed by atoms with Gasteiger partial charge >= 0.3 is 5.97 Å². The van der Waals surface area contributed by atoms with Gasteiger partial charge in [-0.3, -0.25) is 4.79 Å². The summed E-state index contributed by atoms with van der Waals surface area (Å²) in [6.07, 6.45) is 2.01. The molecule has 0 aromatic rings. The number of carbonyl (C=O) groups is 1. The van der Waals surface area contributed by atoms with Gasteiger partial charge in [0.05, 0.1) is 6.10 Å². The van der Waals surface area contributed by atoms with E-state index in [9.17, 15) is 4.79 Å². The van der Waals surface area contributed by atoms with Crippen molar-refractivity contribution in [2.75, 3.05) is 6.54 Å². The lowest BCUT2D eigenvalue weighted by molar-refractivity contribution is -0.149. The van der Waals surface area contributed by atoms with Gasteiger partial charge in [0.15, 0.2) is 0 Å². The summed E-state index contributed by atoms with van der Waals surface area (Å²) < 4.78 is 5.03. The van der Waals surface area contributed by atoms with Crippen LogP contribution in [-0.2, 0) is 9.53 Å². The van der Waals surface area contributed by atoms with Gasteiger partial charge in [-0.1, -0.05) is 0 Å². The quantitative estimate of drug-likeness (QED) is 0.656. The molecule has 0 spiro atoms. The Hall–Kier alpha value is -0.220. The fourth-order valence-electron chi connectivity index (χ4n) is 1.20. The third-order valence-corrected chi connectivity index (χ3v) is 1.70. The first-order valence-electron chi connectivity index (χ1n) is 4.14. The first kappa shape index (κ1) is 11.8. The summed E-state index contributed by atoms with van der Waals surface area (Å²) in [7, 11) is 0. The largest absolute Gasteiger partial charge is 0.462 e. The average molecular weight is 191 g/mol. The Morgan fingerprint density at radius 2 is 2.25 bits per heavy atom. The predicted octanol–water partition coefficient (Wildman–Crippen LogP) is 0.803. The normalized spacial score (nSPS) is 22.1. The smallest absolute Gasteiger partial charge is 0.323 e. The van der Waals surface area contributed by atoms with E-state index in [1.807, 2.05) is 13.8 Å². The molecule has 0 unspecified atom stereocenters. The Labute approximate surface area is 80.3 Å². The number of esters is 1. The Kier molecular flexibility index (Phi) is 5.33. The highest BCUT2D eigenvalue weighted by Gasteiger charge is 2.23. The van der Waals surface area contributed by atoms with Crippen molar-refractivity contribution in [1.29, 1.82) is 0 Å². The highest BCUT2D eigenvalue weighted by atomic mass is 32.1. The van der Waals surface area contributed by atoms with Crippen LogP contribution in [0.3, 0.4) is 0 Å². The molecule has 4 heteroatoms. The van der Waals surface area contributed by atoms with Gasteiger partial charge in [0.25, 0.3) is 0 Å². The first-order chi connectivity index (χ1) is 5.20. The molecule has 1 aliphatic rings. The van der Waals surface area contributed by atoms with Crippen molar-refractivity contribution in [3.05, 3.63) is 0 Å².